The molecule has 0 radical (unpaired) electrons. The minimum absolute atomic E-state index is 0.0836. The highest BCUT2D eigenvalue weighted by atomic mass is 16.3. The topological polar surface area (TPSA) is 69.6 Å². The van der Waals surface area contributed by atoms with Crippen LogP contribution in [0.2, 0.25) is 0 Å². The number of amides is 1. The van der Waals surface area contributed by atoms with E-state index in [0.29, 0.717) is 6.42 Å². The van der Waals surface area contributed by atoms with Crippen LogP contribution in [0.5, 0.6) is 0 Å². The molecule has 0 aliphatic carbocycles. The Hall–Kier alpha value is -3.21. The Bertz CT molecular complexity index is 1150. The molecule has 0 spiro atoms. The molecule has 0 aliphatic rings. The van der Waals surface area contributed by atoms with Crippen molar-refractivity contribution in [1.82, 2.24) is 5.32 Å². The van der Waals surface area contributed by atoms with E-state index < -0.39 is 12.1 Å². The van der Waals surface area contributed by atoms with Gasteiger partial charge < -0.3 is 15.5 Å². The molecule has 2 unspecified atom stereocenters. The van der Waals surface area contributed by atoms with E-state index in [1.165, 1.54) is 77.0 Å². The van der Waals surface area contributed by atoms with Gasteiger partial charge in [0, 0.05) is 6.42 Å². The first-order valence-corrected chi connectivity index (χ1v) is 22.7. The Morgan fingerprint density at radius 1 is 0.446 bits per heavy atom. The molecule has 2 atom stereocenters. The number of allylic oxidation sites excluding steroid dienone is 19. The van der Waals surface area contributed by atoms with Crippen molar-refractivity contribution in [2.45, 2.75) is 193 Å². The summed E-state index contributed by atoms with van der Waals surface area (Å²) in [6, 6.07) is -0.624. The van der Waals surface area contributed by atoms with Gasteiger partial charge in [-0.25, -0.2) is 0 Å². The lowest BCUT2D eigenvalue weighted by Gasteiger charge is -2.19. The number of unbranched alkanes of at least 4 members (excludes halogenated alkanes) is 14. The molecule has 0 heterocycles. The predicted octanol–water partition coefficient (Wildman–Crippen LogP) is 14.6. The van der Waals surface area contributed by atoms with Gasteiger partial charge in [-0.1, -0.05) is 212 Å². The van der Waals surface area contributed by atoms with Crippen molar-refractivity contribution >= 4 is 5.91 Å². The first kappa shape index (κ1) is 52.8. The lowest BCUT2D eigenvalue weighted by atomic mass is 10.0. The minimum Gasteiger partial charge on any atom is -0.394 e. The number of hydrogen-bond acceptors (Lipinski definition) is 3. The van der Waals surface area contributed by atoms with Crippen LogP contribution in [0.3, 0.4) is 0 Å². The number of carbonyl (C=O) groups is 1. The summed E-state index contributed by atoms with van der Waals surface area (Å²) in [5.74, 6) is -0.0836. The monoisotopic (exact) mass is 772 g/mol. The van der Waals surface area contributed by atoms with E-state index in [-0.39, 0.29) is 12.5 Å². The zero-order chi connectivity index (χ0) is 40.7. The van der Waals surface area contributed by atoms with Crippen molar-refractivity contribution in [3.63, 3.8) is 0 Å². The van der Waals surface area contributed by atoms with Crippen LogP contribution < -0.4 is 5.32 Å². The Morgan fingerprint density at radius 2 is 0.786 bits per heavy atom. The largest absolute Gasteiger partial charge is 0.394 e. The average Bonchev–Trinajstić information content (AvgIpc) is 3.20. The zero-order valence-electron chi connectivity index (χ0n) is 36.1. The van der Waals surface area contributed by atoms with Crippen molar-refractivity contribution < 1.29 is 15.0 Å². The molecular weight excluding hydrogens is 687 g/mol. The maximum Gasteiger partial charge on any atom is 0.220 e. The third-order valence-electron chi connectivity index (χ3n) is 9.43. The highest BCUT2D eigenvalue weighted by Crippen LogP contribution is 2.14. The Balaban J connectivity index is 3.51. The van der Waals surface area contributed by atoms with Gasteiger partial charge in [-0.2, -0.15) is 0 Å². The Labute approximate surface area is 346 Å². The van der Waals surface area contributed by atoms with E-state index in [2.05, 4.69) is 129 Å². The minimum atomic E-state index is -0.841. The predicted molar refractivity (Wildman–Crippen MR) is 248 cm³/mol. The smallest absolute Gasteiger partial charge is 0.220 e. The van der Waals surface area contributed by atoms with Crippen LogP contribution >= 0.6 is 0 Å². The maximum atomic E-state index is 12.2. The highest BCUT2D eigenvalue weighted by Gasteiger charge is 2.17. The molecule has 0 rings (SSSR count). The summed E-state index contributed by atoms with van der Waals surface area (Å²) in [6.45, 7) is 3.98. The summed E-state index contributed by atoms with van der Waals surface area (Å²) in [5.41, 5.74) is 0. The molecule has 0 bridgehead atoms. The summed E-state index contributed by atoms with van der Waals surface area (Å²) in [6.07, 6.45) is 72.5. The summed E-state index contributed by atoms with van der Waals surface area (Å²) in [7, 11) is 0. The van der Waals surface area contributed by atoms with Gasteiger partial charge in [0.15, 0.2) is 0 Å². The zero-order valence-corrected chi connectivity index (χ0v) is 36.1. The van der Waals surface area contributed by atoms with Gasteiger partial charge in [0.05, 0.1) is 18.8 Å². The van der Waals surface area contributed by atoms with Gasteiger partial charge in [0.2, 0.25) is 5.91 Å². The number of aliphatic hydroxyl groups excluding tert-OH is 2. The molecule has 0 aromatic carbocycles. The fourth-order valence-corrected chi connectivity index (χ4v) is 6.00. The SMILES string of the molecule is CC/C=C\C/C=C\C/C=C\C/C=C\C/C=C\C/C=C\C/C=C\C/C=C\C/C=C\CCCCCCCCCCCCCCCC(=O)NC(CO)C(O)/C=C/CCC. The fraction of sp³-hybridized carbons (Fsp3) is 0.596. The van der Waals surface area contributed by atoms with Crippen LogP contribution in [0.15, 0.2) is 122 Å². The number of rotatable bonds is 39. The first-order valence-electron chi connectivity index (χ1n) is 22.7. The summed E-state index contributed by atoms with van der Waals surface area (Å²) < 4.78 is 0. The van der Waals surface area contributed by atoms with E-state index in [1.54, 1.807) is 6.08 Å². The van der Waals surface area contributed by atoms with E-state index in [4.69, 9.17) is 0 Å². The number of carbonyl (C=O) groups excluding carboxylic acids is 1. The van der Waals surface area contributed by atoms with Crippen LogP contribution in [0.4, 0.5) is 0 Å². The van der Waals surface area contributed by atoms with Gasteiger partial charge in [-0.15, -0.1) is 0 Å². The molecule has 0 aliphatic heterocycles. The van der Waals surface area contributed by atoms with E-state index >= 15 is 0 Å². The molecule has 0 saturated carbocycles. The molecule has 0 saturated heterocycles. The van der Waals surface area contributed by atoms with Crippen LogP contribution in [0, 0.1) is 0 Å². The van der Waals surface area contributed by atoms with Crippen molar-refractivity contribution in [3.05, 3.63) is 122 Å². The van der Waals surface area contributed by atoms with Crippen LogP contribution in [0.25, 0.3) is 0 Å². The fourth-order valence-electron chi connectivity index (χ4n) is 6.00. The second-order valence-electron chi connectivity index (χ2n) is 14.7. The maximum absolute atomic E-state index is 12.2. The molecule has 4 heteroatoms. The third-order valence-corrected chi connectivity index (χ3v) is 9.43. The average molecular weight is 772 g/mol. The summed E-state index contributed by atoms with van der Waals surface area (Å²) in [4.78, 5) is 12.2. The molecule has 316 valence electrons. The van der Waals surface area contributed by atoms with Gasteiger partial charge >= 0.3 is 0 Å². The summed E-state index contributed by atoms with van der Waals surface area (Å²) >= 11 is 0. The standard InChI is InChI=1S/C52H85NO3/c1-3-5-7-8-9-10-11-12-13-14-15-16-17-18-19-20-21-22-23-24-25-26-27-28-29-30-31-32-33-34-35-36-37-38-39-40-41-42-43-44-46-48-52(56)53-50(49-54)51(55)47-45-6-4-2/h5,7,9-10,12-13,15-16,18-19,21-22,24-25,27-28,30-31,45,47,50-51,54-55H,3-4,6,8,11,14,17,20,23,26,29,32-44,46,48-49H2,1-2H3,(H,53,56)/b7-5-,10-9-,13-12-,16-15-,19-18-,22-21-,25-24-,28-27-,31-30-,47-45+. The molecule has 3 N–H and O–H groups in total. The van der Waals surface area contributed by atoms with Crippen molar-refractivity contribution in [1.29, 1.82) is 0 Å². The van der Waals surface area contributed by atoms with Gasteiger partial charge in [-0.05, 0) is 83.5 Å². The van der Waals surface area contributed by atoms with Crippen molar-refractivity contribution in [2.75, 3.05) is 6.61 Å². The Kier molecular flexibility index (Phi) is 43.5. The molecule has 0 fully saturated rings. The highest BCUT2D eigenvalue weighted by molar-refractivity contribution is 5.76. The normalized spacial score (nSPS) is 14.1. The molecule has 0 aromatic heterocycles. The van der Waals surface area contributed by atoms with Crippen molar-refractivity contribution in [2.24, 2.45) is 0 Å². The number of aliphatic hydroxyl groups is 2. The third kappa shape index (κ3) is 41.9. The molecular formula is C52H85NO3. The second kappa shape index (κ2) is 46.2. The van der Waals surface area contributed by atoms with Gasteiger partial charge in [0.1, 0.15) is 0 Å². The van der Waals surface area contributed by atoms with E-state index in [1.807, 2.05) is 6.08 Å². The molecule has 4 nitrogen and oxygen atoms in total. The lowest BCUT2D eigenvalue weighted by Crippen LogP contribution is -2.45. The van der Waals surface area contributed by atoms with Crippen LogP contribution in [-0.2, 0) is 4.79 Å². The first-order chi connectivity index (χ1) is 27.7. The van der Waals surface area contributed by atoms with Crippen LogP contribution in [0.1, 0.15) is 181 Å². The van der Waals surface area contributed by atoms with Crippen LogP contribution in [-0.4, -0.2) is 34.9 Å². The number of nitrogens with one attached hydrogen (secondary N) is 1. The second-order valence-corrected chi connectivity index (χ2v) is 14.7. The molecule has 1 amide bonds. The number of hydrogen-bond donors (Lipinski definition) is 3. The Morgan fingerprint density at radius 3 is 1.14 bits per heavy atom. The summed E-state index contributed by atoms with van der Waals surface area (Å²) in [5, 5.41) is 22.4. The van der Waals surface area contributed by atoms with E-state index in [0.717, 1.165) is 83.5 Å². The van der Waals surface area contributed by atoms with Gasteiger partial charge in [0.25, 0.3) is 0 Å². The van der Waals surface area contributed by atoms with E-state index in [9.17, 15) is 15.0 Å². The van der Waals surface area contributed by atoms with Crippen molar-refractivity contribution in [3.8, 4) is 0 Å². The quantitative estimate of drug-likeness (QED) is 0.0430. The van der Waals surface area contributed by atoms with Gasteiger partial charge in [-0.3, -0.25) is 4.79 Å². The molecule has 0 aromatic rings. The molecule has 56 heavy (non-hydrogen) atoms. The lowest BCUT2D eigenvalue weighted by molar-refractivity contribution is -0.123.